The smallest absolute Gasteiger partial charge is 0.231 e. The molecule has 2 aliphatic rings. The van der Waals surface area contributed by atoms with Gasteiger partial charge in [0.2, 0.25) is 6.79 Å². The van der Waals surface area contributed by atoms with E-state index in [4.69, 9.17) is 14.2 Å². The summed E-state index contributed by atoms with van der Waals surface area (Å²) < 4.78 is 29.3. The minimum absolute atomic E-state index is 0. The van der Waals surface area contributed by atoms with Crippen molar-refractivity contribution in [2.75, 3.05) is 51.0 Å². The van der Waals surface area contributed by atoms with Gasteiger partial charge in [-0.1, -0.05) is 0 Å². The first-order chi connectivity index (χ1) is 13.2. The van der Waals surface area contributed by atoms with Crippen LogP contribution in [-0.2, 0) is 0 Å². The van der Waals surface area contributed by atoms with Crippen molar-refractivity contribution in [2.45, 2.75) is 6.10 Å². The number of nitrogens with zero attached hydrogens (tertiary/aromatic N) is 2. The highest BCUT2D eigenvalue weighted by atomic mass is 35.5. The Labute approximate surface area is 169 Å². The summed E-state index contributed by atoms with van der Waals surface area (Å²) in [7, 11) is 0. The molecule has 2 aliphatic heterocycles. The van der Waals surface area contributed by atoms with Crippen molar-refractivity contribution >= 4 is 18.1 Å². The van der Waals surface area contributed by atoms with E-state index in [0.717, 1.165) is 31.9 Å². The number of halogens is 2. The van der Waals surface area contributed by atoms with Gasteiger partial charge in [-0.3, -0.25) is 4.90 Å². The van der Waals surface area contributed by atoms with E-state index in [1.807, 2.05) is 6.07 Å². The molecule has 2 heterocycles. The van der Waals surface area contributed by atoms with Gasteiger partial charge in [-0.05, 0) is 36.4 Å². The van der Waals surface area contributed by atoms with Crippen LogP contribution < -0.4 is 19.1 Å². The number of fused-ring (bicyclic) bond motifs is 1. The van der Waals surface area contributed by atoms with Gasteiger partial charge in [0.05, 0.1) is 0 Å². The zero-order valence-corrected chi connectivity index (χ0v) is 16.2. The SMILES string of the molecule is Cl.OC(COc1ccc2c(c1)OCO2)CN1CCN(c2ccc(F)cc2)CC1. The second kappa shape index (κ2) is 9.32. The van der Waals surface area contributed by atoms with Crippen molar-refractivity contribution < 1.29 is 23.7 Å². The minimum Gasteiger partial charge on any atom is -0.491 e. The average Bonchev–Trinajstić information content (AvgIpc) is 3.15. The zero-order valence-electron chi connectivity index (χ0n) is 15.4. The first-order valence-corrected chi connectivity index (χ1v) is 9.11. The largest absolute Gasteiger partial charge is 0.491 e. The molecule has 0 radical (unpaired) electrons. The first-order valence-electron chi connectivity index (χ1n) is 9.11. The molecule has 1 N–H and O–H groups in total. The van der Waals surface area contributed by atoms with Crippen LogP contribution in [0.25, 0.3) is 0 Å². The van der Waals surface area contributed by atoms with Gasteiger partial charge in [-0.15, -0.1) is 12.4 Å². The molecule has 1 fully saturated rings. The molecule has 0 aromatic heterocycles. The molecule has 0 bridgehead atoms. The lowest BCUT2D eigenvalue weighted by Crippen LogP contribution is -2.49. The summed E-state index contributed by atoms with van der Waals surface area (Å²) in [6.45, 7) is 4.39. The maximum absolute atomic E-state index is 13.0. The molecule has 0 saturated carbocycles. The van der Waals surface area contributed by atoms with Gasteiger partial charge in [0.25, 0.3) is 0 Å². The van der Waals surface area contributed by atoms with E-state index in [0.29, 0.717) is 23.8 Å². The van der Waals surface area contributed by atoms with Crippen LogP contribution in [-0.4, -0.2) is 62.2 Å². The Balaban J connectivity index is 0.00000225. The fourth-order valence-electron chi connectivity index (χ4n) is 3.35. The Morgan fingerprint density at radius 1 is 1.00 bits per heavy atom. The van der Waals surface area contributed by atoms with Crippen LogP contribution in [0.2, 0.25) is 0 Å². The third kappa shape index (κ3) is 4.98. The fraction of sp³-hybridized carbons (Fsp3) is 0.400. The van der Waals surface area contributed by atoms with Crippen molar-refractivity contribution in [3.05, 3.63) is 48.3 Å². The van der Waals surface area contributed by atoms with Crippen molar-refractivity contribution in [2.24, 2.45) is 0 Å². The predicted octanol–water partition coefficient (Wildman–Crippen LogP) is 2.54. The second-order valence-corrected chi connectivity index (χ2v) is 6.74. The molecule has 0 amide bonds. The van der Waals surface area contributed by atoms with E-state index in [9.17, 15) is 9.50 Å². The molecule has 6 nitrogen and oxygen atoms in total. The average molecular weight is 411 g/mol. The summed E-state index contributed by atoms with van der Waals surface area (Å²) in [4.78, 5) is 4.44. The number of benzene rings is 2. The summed E-state index contributed by atoms with van der Waals surface area (Å²) in [5.41, 5.74) is 1.03. The lowest BCUT2D eigenvalue weighted by Gasteiger charge is -2.36. The molecule has 4 rings (SSSR count). The molecule has 2 aromatic rings. The number of ether oxygens (including phenoxy) is 3. The number of hydrogen-bond acceptors (Lipinski definition) is 6. The van der Waals surface area contributed by atoms with Gasteiger partial charge in [-0.2, -0.15) is 0 Å². The van der Waals surface area contributed by atoms with Gasteiger partial charge in [0.15, 0.2) is 11.5 Å². The van der Waals surface area contributed by atoms with Crippen molar-refractivity contribution in [1.82, 2.24) is 4.90 Å². The second-order valence-electron chi connectivity index (χ2n) is 6.74. The van der Waals surface area contributed by atoms with Gasteiger partial charge in [-0.25, -0.2) is 4.39 Å². The van der Waals surface area contributed by atoms with Crippen LogP contribution in [0.1, 0.15) is 0 Å². The van der Waals surface area contributed by atoms with E-state index < -0.39 is 6.10 Å². The third-order valence-electron chi connectivity index (χ3n) is 4.82. The van der Waals surface area contributed by atoms with E-state index in [1.54, 1.807) is 24.3 Å². The highest BCUT2D eigenvalue weighted by Crippen LogP contribution is 2.35. The zero-order chi connectivity index (χ0) is 18.6. The monoisotopic (exact) mass is 410 g/mol. The summed E-state index contributed by atoms with van der Waals surface area (Å²) in [5, 5.41) is 10.3. The van der Waals surface area contributed by atoms with Gasteiger partial charge in [0.1, 0.15) is 24.3 Å². The Morgan fingerprint density at radius 2 is 1.71 bits per heavy atom. The number of rotatable bonds is 6. The lowest BCUT2D eigenvalue weighted by molar-refractivity contribution is 0.0662. The first kappa shape index (κ1) is 20.5. The minimum atomic E-state index is -0.576. The topological polar surface area (TPSA) is 54.4 Å². The van der Waals surface area contributed by atoms with Gasteiger partial charge >= 0.3 is 0 Å². The third-order valence-corrected chi connectivity index (χ3v) is 4.82. The molecular weight excluding hydrogens is 387 g/mol. The molecule has 8 heteroatoms. The normalized spacial score (nSPS) is 17.1. The highest BCUT2D eigenvalue weighted by Gasteiger charge is 2.20. The van der Waals surface area contributed by atoms with Crippen LogP contribution in [0.4, 0.5) is 10.1 Å². The summed E-state index contributed by atoms with van der Waals surface area (Å²) in [6.07, 6.45) is -0.576. The molecule has 1 unspecified atom stereocenters. The van der Waals surface area contributed by atoms with E-state index in [-0.39, 0.29) is 31.6 Å². The van der Waals surface area contributed by atoms with Crippen LogP contribution in [0.3, 0.4) is 0 Å². The summed E-state index contributed by atoms with van der Waals surface area (Å²) in [5.74, 6) is 1.81. The number of hydrogen-bond donors (Lipinski definition) is 1. The van der Waals surface area contributed by atoms with Gasteiger partial charge in [0, 0.05) is 44.5 Å². The summed E-state index contributed by atoms with van der Waals surface area (Å²) >= 11 is 0. The predicted molar refractivity (Wildman–Crippen MR) is 106 cm³/mol. The molecule has 28 heavy (non-hydrogen) atoms. The Kier molecular flexibility index (Phi) is 6.83. The van der Waals surface area contributed by atoms with Crippen molar-refractivity contribution in [3.63, 3.8) is 0 Å². The Morgan fingerprint density at radius 3 is 2.46 bits per heavy atom. The molecule has 0 spiro atoms. The maximum Gasteiger partial charge on any atom is 0.231 e. The van der Waals surface area contributed by atoms with E-state index in [1.165, 1.54) is 12.1 Å². The number of aliphatic hydroxyl groups is 1. The van der Waals surface area contributed by atoms with Crippen LogP contribution in [0, 0.1) is 5.82 Å². The summed E-state index contributed by atoms with van der Waals surface area (Å²) in [6, 6.07) is 12.0. The number of β-amino-alcohol motifs (C(OH)–C–C–N with tert-alkyl or cyclic N) is 1. The van der Waals surface area contributed by atoms with E-state index in [2.05, 4.69) is 9.80 Å². The van der Waals surface area contributed by atoms with E-state index >= 15 is 0 Å². The van der Waals surface area contributed by atoms with Crippen molar-refractivity contribution in [1.29, 1.82) is 0 Å². The number of piperazine rings is 1. The number of aliphatic hydroxyl groups excluding tert-OH is 1. The molecule has 152 valence electrons. The number of anilines is 1. The Bertz CT molecular complexity index is 769. The lowest BCUT2D eigenvalue weighted by atomic mass is 10.2. The fourth-order valence-corrected chi connectivity index (χ4v) is 3.35. The molecule has 0 aliphatic carbocycles. The highest BCUT2D eigenvalue weighted by molar-refractivity contribution is 5.85. The van der Waals surface area contributed by atoms with Crippen LogP contribution >= 0.6 is 12.4 Å². The van der Waals surface area contributed by atoms with Gasteiger partial charge < -0.3 is 24.2 Å². The van der Waals surface area contributed by atoms with Crippen LogP contribution in [0.15, 0.2) is 42.5 Å². The maximum atomic E-state index is 13.0. The quantitative estimate of drug-likeness (QED) is 0.789. The molecule has 2 aromatic carbocycles. The molecule has 1 saturated heterocycles. The van der Waals surface area contributed by atoms with Crippen molar-refractivity contribution in [3.8, 4) is 17.2 Å². The van der Waals surface area contributed by atoms with Crippen LogP contribution in [0.5, 0.6) is 17.2 Å². The standard InChI is InChI=1S/C20H23FN2O4.ClH/c21-15-1-3-16(4-2-15)23-9-7-22(8-10-23)12-17(24)13-25-18-5-6-19-20(11-18)27-14-26-19;/h1-6,11,17,24H,7-10,12-14H2;1H. The Hall–Kier alpha value is -2.22. The molecule has 1 atom stereocenters. The molecular formula is C20H24ClFN2O4.